The van der Waals surface area contributed by atoms with Crippen molar-refractivity contribution in [1.82, 2.24) is 15.0 Å². The molecule has 0 bridgehead atoms. The van der Waals surface area contributed by atoms with Crippen LogP contribution in [-0.2, 0) is 12.0 Å². The Morgan fingerprint density at radius 3 is 2.58 bits per heavy atom. The fraction of sp³-hybridized carbons (Fsp3) is 0.857. The highest BCUT2D eigenvalue weighted by Gasteiger charge is 2.27. The summed E-state index contributed by atoms with van der Waals surface area (Å²) in [5, 5.41) is 13.1. The molecular weight excluding hydrogens is 242 g/mol. The SMILES string of the molecule is CC(C)(C)c1nc(CN(CCCO)C2CCC2)no1. The number of hydrogen-bond donors (Lipinski definition) is 1. The number of aliphatic hydroxyl groups is 1. The number of hydrogen-bond acceptors (Lipinski definition) is 5. The highest BCUT2D eigenvalue weighted by Crippen LogP contribution is 2.26. The second-order valence-electron chi connectivity index (χ2n) is 6.40. The number of aromatic nitrogens is 2. The predicted molar refractivity (Wildman–Crippen MR) is 72.7 cm³/mol. The lowest BCUT2D eigenvalue weighted by molar-refractivity contribution is 0.105. The van der Waals surface area contributed by atoms with Crippen LogP contribution in [0.25, 0.3) is 0 Å². The second-order valence-corrected chi connectivity index (χ2v) is 6.40. The molecule has 1 aromatic heterocycles. The summed E-state index contributed by atoms with van der Waals surface area (Å²) in [7, 11) is 0. The molecule has 0 aliphatic heterocycles. The van der Waals surface area contributed by atoms with Crippen LogP contribution in [-0.4, -0.2) is 39.3 Å². The largest absolute Gasteiger partial charge is 0.396 e. The highest BCUT2D eigenvalue weighted by atomic mass is 16.5. The summed E-state index contributed by atoms with van der Waals surface area (Å²) in [5.41, 5.74) is -0.0996. The van der Waals surface area contributed by atoms with E-state index in [4.69, 9.17) is 9.63 Å². The van der Waals surface area contributed by atoms with Crippen molar-refractivity contribution in [1.29, 1.82) is 0 Å². The topological polar surface area (TPSA) is 62.4 Å². The molecule has 0 atom stereocenters. The molecule has 1 aliphatic carbocycles. The van der Waals surface area contributed by atoms with Gasteiger partial charge in [0.05, 0.1) is 6.54 Å². The minimum atomic E-state index is -0.0996. The maximum absolute atomic E-state index is 8.99. The Bertz CT molecular complexity index is 394. The lowest BCUT2D eigenvalue weighted by atomic mass is 9.91. The van der Waals surface area contributed by atoms with Gasteiger partial charge in [-0.25, -0.2) is 0 Å². The number of rotatable bonds is 6. The van der Waals surface area contributed by atoms with Crippen LogP contribution < -0.4 is 0 Å². The average Bonchev–Trinajstić information content (AvgIpc) is 2.71. The van der Waals surface area contributed by atoms with Gasteiger partial charge in [-0.2, -0.15) is 4.98 Å². The van der Waals surface area contributed by atoms with Gasteiger partial charge in [0, 0.05) is 24.6 Å². The van der Waals surface area contributed by atoms with E-state index in [1.807, 2.05) is 0 Å². The summed E-state index contributed by atoms with van der Waals surface area (Å²) in [6, 6.07) is 0.628. The zero-order chi connectivity index (χ0) is 13.9. The third-order valence-corrected chi connectivity index (χ3v) is 3.65. The van der Waals surface area contributed by atoms with Crippen molar-refractivity contribution in [2.45, 2.75) is 64.5 Å². The molecule has 1 saturated carbocycles. The Labute approximate surface area is 115 Å². The lowest BCUT2D eigenvalue weighted by Crippen LogP contribution is -2.40. The summed E-state index contributed by atoms with van der Waals surface area (Å²) in [4.78, 5) is 6.86. The lowest BCUT2D eigenvalue weighted by Gasteiger charge is -2.36. The molecule has 1 N–H and O–H groups in total. The molecule has 1 heterocycles. The Morgan fingerprint density at radius 2 is 2.11 bits per heavy atom. The van der Waals surface area contributed by atoms with E-state index in [-0.39, 0.29) is 12.0 Å². The predicted octanol–water partition coefficient (Wildman–Crippen LogP) is 2.10. The van der Waals surface area contributed by atoms with Crippen molar-refractivity contribution < 1.29 is 9.63 Å². The molecule has 0 unspecified atom stereocenters. The van der Waals surface area contributed by atoms with Gasteiger partial charge in [-0.3, -0.25) is 4.90 Å². The van der Waals surface area contributed by atoms with Crippen molar-refractivity contribution in [2.24, 2.45) is 0 Å². The van der Waals surface area contributed by atoms with Crippen LogP contribution >= 0.6 is 0 Å². The molecule has 1 aromatic rings. The van der Waals surface area contributed by atoms with Gasteiger partial charge in [0.1, 0.15) is 0 Å². The highest BCUT2D eigenvalue weighted by molar-refractivity contribution is 4.98. The van der Waals surface area contributed by atoms with Crippen molar-refractivity contribution in [3.8, 4) is 0 Å². The van der Waals surface area contributed by atoms with Crippen LogP contribution in [0.15, 0.2) is 4.52 Å². The zero-order valence-electron chi connectivity index (χ0n) is 12.2. The molecule has 108 valence electrons. The summed E-state index contributed by atoms with van der Waals surface area (Å²) >= 11 is 0. The van der Waals surface area contributed by atoms with Crippen LogP contribution in [0.3, 0.4) is 0 Å². The standard InChI is InChI=1S/C14H25N3O2/c1-14(2,3)13-15-12(16-19-13)10-17(8-5-9-18)11-6-4-7-11/h11,18H,4-10H2,1-3H3. The van der Waals surface area contributed by atoms with Crippen LogP contribution in [0.5, 0.6) is 0 Å². The summed E-state index contributed by atoms with van der Waals surface area (Å²) < 4.78 is 5.33. The van der Waals surface area contributed by atoms with E-state index in [1.54, 1.807) is 0 Å². The van der Waals surface area contributed by atoms with E-state index in [1.165, 1.54) is 19.3 Å². The first-order valence-corrected chi connectivity index (χ1v) is 7.18. The van der Waals surface area contributed by atoms with E-state index < -0.39 is 0 Å². The first-order valence-electron chi connectivity index (χ1n) is 7.18. The van der Waals surface area contributed by atoms with Gasteiger partial charge in [0.25, 0.3) is 0 Å². The fourth-order valence-corrected chi connectivity index (χ4v) is 2.22. The van der Waals surface area contributed by atoms with Gasteiger partial charge < -0.3 is 9.63 Å². The Balaban J connectivity index is 1.97. The van der Waals surface area contributed by atoms with Crippen LogP contribution in [0, 0.1) is 0 Å². The Kier molecular flexibility index (Phi) is 4.58. The molecule has 0 saturated heterocycles. The molecule has 5 heteroatoms. The molecule has 1 aliphatic rings. The minimum absolute atomic E-state index is 0.0996. The second kappa shape index (κ2) is 6.01. The van der Waals surface area contributed by atoms with Gasteiger partial charge in [-0.05, 0) is 19.3 Å². The third-order valence-electron chi connectivity index (χ3n) is 3.65. The maximum Gasteiger partial charge on any atom is 0.232 e. The van der Waals surface area contributed by atoms with Crippen LogP contribution in [0.4, 0.5) is 0 Å². The van der Waals surface area contributed by atoms with Gasteiger partial charge in [0.2, 0.25) is 5.89 Å². The van der Waals surface area contributed by atoms with Crippen LogP contribution in [0.2, 0.25) is 0 Å². The molecule has 0 aromatic carbocycles. The third kappa shape index (κ3) is 3.76. The van der Waals surface area contributed by atoms with Crippen molar-refractivity contribution in [3.63, 3.8) is 0 Å². The van der Waals surface area contributed by atoms with Crippen molar-refractivity contribution in [3.05, 3.63) is 11.7 Å². The van der Waals surface area contributed by atoms with E-state index in [0.717, 1.165) is 25.3 Å². The number of aliphatic hydroxyl groups excluding tert-OH is 1. The van der Waals surface area contributed by atoms with Gasteiger partial charge in [0.15, 0.2) is 5.82 Å². The van der Waals surface area contributed by atoms with E-state index in [0.29, 0.717) is 11.9 Å². The van der Waals surface area contributed by atoms with Gasteiger partial charge >= 0.3 is 0 Å². The smallest absolute Gasteiger partial charge is 0.232 e. The Hall–Kier alpha value is -0.940. The normalized spacial score (nSPS) is 16.9. The van der Waals surface area contributed by atoms with E-state index in [2.05, 4.69) is 35.8 Å². The first-order chi connectivity index (χ1) is 9.00. The van der Waals surface area contributed by atoms with E-state index >= 15 is 0 Å². The fourth-order valence-electron chi connectivity index (χ4n) is 2.22. The average molecular weight is 267 g/mol. The Morgan fingerprint density at radius 1 is 1.37 bits per heavy atom. The molecule has 0 radical (unpaired) electrons. The van der Waals surface area contributed by atoms with Gasteiger partial charge in [-0.15, -0.1) is 0 Å². The van der Waals surface area contributed by atoms with Crippen LogP contribution in [0.1, 0.15) is 58.2 Å². The summed E-state index contributed by atoms with van der Waals surface area (Å²) in [6.45, 7) is 8.08. The molecular formula is C14H25N3O2. The monoisotopic (exact) mass is 267 g/mol. The molecule has 1 fully saturated rings. The molecule has 5 nitrogen and oxygen atoms in total. The van der Waals surface area contributed by atoms with Gasteiger partial charge in [-0.1, -0.05) is 32.3 Å². The molecule has 19 heavy (non-hydrogen) atoms. The summed E-state index contributed by atoms with van der Waals surface area (Å²) in [5.74, 6) is 1.45. The first kappa shape index (κ1) is 14.5. The quantitative estimate of drug-likeness (QED) is 0.855. The van der Waals surface area contributed by atoms with Crippen molar-refractivity contribution in [2.75, 3.05) is 13.2 Å². The van der Waals surface area contributed by atoms with E-state index in [9.17, 15) is 0 Å². The molecule has 0 spiro atoms. The number of nitrogens with zero attached hydrogens (tertiary/aromatic N) is 3. The molecule has 2 rings (SSSR count). The minimum Gasteiger partial charge on any atom is -0.396 e. The zero-order valence-corrected chi connectivity index (χ0v) is 12.2. The maximum atomic E-state index is 8.99. The van der Waals surface area contributed by atoms with Crippen molar-refractivity contribution >= 4 is 0 Å². The summed E-state index contributed by atoms with van der Waals surface area (Å²) in [6.07, 6.45) is 4.60. The molecule has 0 amide bonds.